The van der Waals surface area contributed by atoms with Gasteiger partial charge in [-0.2, -0.15) is 0 Å². The highest BCUT2D eigenvalue weighted by atomic mass is 32.1. The largest absolute Gasteiger partial charge is 0.325 e. The summed E-state index contributed by atoms with van der Waals surface area (Å²) in [5.41, 5.74) is 7.42. The highest BCUT2D eigenvalue weighted by molar-refractivity contribution is 7.17. The standard InChI is InChI=1S/C13H10FN3S2/c14-9-3-1-8(2-4-9)12-11(13-16-5-6-18-13)17-10(7-15)19-12/h1-6H,7,15H2. The maximum atomic E-state index is 13.0. The molecule has 6 heteroatoms. The predicted molar refractivity (Wildman–Crippen MR) is 76.5 cm³/mol. The number of benzene rings is 1. The summed E-state index contributed by atoms with van der Waals surface area (Å²) in [6.45, 7) is 0.393. The summed E-state index contributed by atoms with van der Waals surface area (Å²) in [4.78, 5) is 9.79. The van der Waals surface area contributed by atoms with Crippen LogP contribution in [-0.4, -0.2) is 9.97 Å². The monoisotopic (exact) mass is 291 g/mol. The van der Waals surface area contributed by atoms with E-state index in [-0.39, 0.29) is 5.82 Å². The van der Waals surface area contributed by atoms with Crippen molar-refractivity contribution in [3.8, 4) is 21.1 Å². The maximum Gasteiger partial charge on any atom is 0.143 e. The number of hydrogen-bond donors (Lipinski definition) is 1. The van der Waals surface area contributed by atoms with Crippen LogP contribution >= 0.6 is 22.7 Å². The van der Waals surface area contributed by atoms with Crippen molar-refractivity contribution >= 4 is 22.7 Å². The number of hydrogen-bond acceptors (Lipinski definition) is 5. The molecule has 0 spiro atoms. The molecule has 3 rings (SSSR count). The molecular formula is C13H10FN3S2. The average Bonchev–Trinajstić information content (AvgIpc) is 3.08. The molecule has 0 bridgehead atoms. The van der Waals surface area contributed by atoms with Crippen LogP contribution in [0.1, 0.15) is 5.01 Å². The zero-order chi connectivity index (χ0) is 13.2. The van der Waals surface area contributed by atoms with Gasteiger partial charge in [0.05, 0.1) is 4.88 Å². The lowest BCUT2D eigenvalue weighted by Crippen LogP contribution is -1.94. The van der Waals surface area contributed by atoms with E-state index < -0.39 is 0 Å². The maximum absolute atomic E-state index is 13.0. The molecule has 0 aliphatic carbocycles. The van der Waals surface area contributed by atoms with Crippen LogP contribution in [0.15, 0.2) is 35.8 Å². The fourth-order valence-electron chi connectivity index (χ4n) is 1.73. The molecule has 0 saturated carbocycles. The summed E-state index contributed by atoms with van der Waals surface area (Å²) in [5, 5.41) is 3.62. The zero-order valence-electron chi connectivity index (χ0n) is 9.84. The Kier molecular flexibility index (Phi) is 3.37. The van der Waals surface area contributed by atoms with Crippen LogP contribution in [-0.2, 0) is 6.54 Å². The smallest absolute Gasteiger partial charge is 0.143 e. The lowest BCUT2D eigenvalue weighted by atomic mass is 10.1. The molecule has 96 valence electrons. The first-order chi connectivity index (χ1) is 9.28. The van der Waals surface area contributed by atoms with Crippen molar-refractivity contribution in [3.05, 3.63) is 46.7 Å². The van der Waals surface area contributed by atoms with Gasteiger partial charge in [0.25, 0.3) is 0 Å². The second-order valence-corrected chi connectivity index (χ2v) is 5.81. The van der Waals surface area contributed by atoms with Gasteiger partial charge in [0.15, 0.2) is 0 Å². The van der Waals surface area contributed by atoms with E-state index in [0.717, 1.165) is 26.1 Å². The Balaban J connectivity index is 2.14. The van der Waals surface area contributed by atoms with Gasteiger partial charge in [0.2, 0.25) is 0 Å². The van der Waals surface area contributed by atoms with E-state index in [9.17, 15) is 4.39 Å². The van der Waals surface area contributed by atoms with Crippen LogP contribution in [0.3, 0.4) is 0 Å². The zero-order valence-corrected chi connectivity index (χ0v) is 11.5. The minimum atomic E-state index is -0.247. The van der Waals surface area contributed by atoms with Gasteiger partial charge in [-0.05, 0) is 17.7 Å². The molecule has 0 saturated heterocycles. The first-order valence-corrected chi connectivity index (χ1v) is 7.33. The SMILES string of the molecule is NCc1nc(-c2nccs2)c(-c2ccc(F)cc2)s1. The molecule has 19 heavy (non-hydrogen) atoms. The molecule has 0 radical (unpaired) electrons. The van der Waals surface area contributed by atoms with Crippen molar-refractivity contribution < 1.29 is 4.39 Å². The van der Waals surface area contributed by atoms with Gasteiger partial charge in [-0.15, -0.1) is 22.7 Å². The number of halogens is 1. The minimum Gasteiger partial charge on any atom is -0.325 e. The third-order valence-electron chi connectivity index (χ3n) is 2.59. The normalized spacial score (nSPS) is 10.8. The van der Waals surface area contributed by atoms with Crippen molar-refractivity contribution in [1.82, 2.24) is 9.97 Å². The summed E-state index contributed by atoms with van der Waals surface area (Å²) in [6, 6.07) is 6.39. The van der Waals surface area contributed by atoms with Gasteiger partial charge < -0.3 is 5.73 Å². The van der Waals surface area contributed by atoms with E-state index >= 15 is 0 Å². The van der Waals surface area contributed by atoms with Crippen LogP contribution in [0.5, 0.6) is 0 Å². The van der Waals surface area contributed by atoms with Crippen LogP contribution in [0, 0.1) is 5.82 Å². The first-order valence-electron chi connectivity index (χ1n) is 5.63. The molecule has 3 aromatic rings. The molecule has 2 heterocycles. The molecule has 0 fully saturated rings. The summed E-state index contributed by atoms with van der Waals surface area (Å²) >= 11 is 3.05. The Morgan fingerprint density at radius 2 is 2.00 bits per heavy atom. The van der Waals surface area contributed by atoms with E-state index in [4.69, 9.17) is 5.73 Å². The van der Waals surface area contributed by atoms with E-state index in [0.29, 0.717) is 6.54 Å². The van der Waals surface area contributed by atoms with Crippen molar-refractivity contribution in [2.75, 3.05) is 0 Å². The van der Waals surface area contributed by atoms with Gasteiger partial charge in [0.1, 0.15) is 21.5 Å². The summed E-state index contributed by atoms with van der Waals surface area (Å²) in [7, 11) is 0. The van der Waals surface area contributed by atoms with E-state index in [1.807, 2.05) is 5.38 Å². The number of rotatable bonds is 3. The Bertz CT molecular complexity index is 674. The van der Waals surface area contributed by atoms with Gasteiger partial charge >= 0.3 is 0 Å². The van der Waals surface area contributed by atoms with E-state index in [1.54, 1.807) is 18.3 Å². The van der Waals surface area contributed by atoms with Crippen molar-refractivity contribution in [2.24, 2.45) is 5.73 Å². The van der Waals surface area contributed by atoms with Crippen LogP contribution < -0.4 is 5.73 Å². The van der Waals surface area contributed by atoms with Crippen molar-refractivity contribution in [1.29, 1.82) is 0 Å². The second kappa shape index (κ2) is 5.16. The Morgan fingerprint density at radius 3 is 2.63 bits per heavy atom. The lowest BCUT2D eigenvalue weighted by molar-refractivity contribution is 0.628. The number of nitrogens with two attached hydrogens (primary N) is 1. The van der Waals surface area contributed by atoms with Crippen LogP contribution in [0.25, 0.3) is 21.1 Å². The summed E-state index contributed by atoms with van der Waals surface area (Å²) in [5.74, 6) is -0.247. The topological polar surface area (TPSA) is 51.8 Å². The quantitative estimate of drug-likeness (QED) is 0.803. The lowest BCUT2D eigenvalue weighted by Gasteiger charge is -1.99. The highest BCUT2D eigenvalue weighted by Gasteiger charge is 2.16. The molecule has 2 aromatic heterocycles. The number of nitrogens with zero attached hydrogens (tertiary/aromatic N) is 2. The molecule has 2 N–H and O–H groups in total. The van der Waals surface area contributed by atoms with Gasteiger partial charge in [-0.3, -0.25) is 0 Å². The molecule has 3 nitrogen and oxygen atoms in total. The Labute approximate surface area is 117 Å². The molecule has 0 atom stereocenters. The average molecular weight is 291 g/mol. The van der Waals surface area contributed by atoms with Crippen molar-refractivity contribution in [3.63, 3.8) is 0 Å². The first kappa shape index (κ1) is 12.4. The fourth-order valence-corrected chi connectivity index (χ4v) is 3.38. The number of aromatic nitrogens is 2. The Morgan fingerprint density at radius 1 is 1.21 bits per heavy atom. The molecule has 0 amide bonds. The molecule has 0 unspecified atom stereocenters. The third-order valence-corrected chi connectivity index (χ3v) is 4.49. The minimum absolute atomic E-state index is 0.247. The number of thiazole rings is 2. The molecule has 0 aliphatic rings. The molecule has 1 aromatic carbocycles. The van der Waals surface area contributed by atoms with Crippen molar-refractivity contribution in [2.45, 2.75) is 6.54 Å². The molecule has 0 aliphatic heterocycles. The van der Waals surface area contributed by atoms with Gasteiger partial charge in [-0.1, -0.05) is 12.1 Å². The van der Waals surface area contributed by atoms with Crippen LogP contribution in [0.2, 0.25) is 0 Å². The predicted octanol–water partition coefficient (Wildman–Crippen LogP) is 3.53. The third kappa shape index (κ3) is 2.42. The highest BCUT2D eigenvalue weighted by Crippen LogP contribution is 2.37. The van der Waals surface area contributed by atoms with E-state index in [1.165, 1.54) is 34.8 Å². The Hall–Kier alpha value is -1.63. The van der Waals surface area contributed by atoms with Gasteiger partial charge in [0, 0.05) is 18.1 Å². The molecular weight excluding hydrogens is 281 g/mol. The van der Waals surface area contributed by atoms with Gasteiger partial charge in [-0.25, -0.2) is 14.4 Å². The van der Waals surface area contributed by atoms with E-state index in [2.05, 4.69) is 9.97 Å². The second-order valence-electron chi connectivity index (χ2n) is 3.83. The fraction of sp³-hybridized carbons (Fsp3) is 0.0769. The summed E-state index contributed by atoms with van der Waals surface area (Å²) < 4.78 is 13.0. The van der Waals surface area contributed by atoms with Crippen LogP contribution in [0.4, 0.5) is 4.39 Å². The summed E-state index contributed by atoms with van der Waals surface area (Å²) in [6.07, 6.45) is 1.75.